The Hall–Kier alpha value is -1.36. The van der Waals surface area contributed by atoms with Crippen LogP contribution >= 0.6 is 0 Å². The van der Waals surface area contributed by atoms with Gasteiger partial charge in [0.2, 0.25) is 5.91 Å². The summed E-state index contributed by atoms with van der Waals surface area (Å²) in [6.07, 6.45) is 3.55. The maximum atomic E-state index is 10.8. The van der Waals surface area contributed by atoms with Gasteiger partial charge in [-0.05, 0) is 13.8 Å². The number of hydrogen-bond donors (Lipinski definition) is 2. The highest BCUT2D eigenvalue weighted by molar-refractivity contribution is 5.79. The van der Waals surface area contributed by atoms with Crippen LogP contribution in [0.5, 0.6) is 0 Å². The van der Waals surface area contributed by atoms with E-state index in [9.17, 15) is 4.79 Å². The standard InChI is InChI=1S/C9H16N4O/c1-3-13-6-11-4-8(13)5-12-7(2)9(10)14/h4,6-7,12H,3,5H2,1-2H3,(H2,10,14). The third kappa shape index (κ3) is 2.56. The summed E-state index contributed by atoms with van der Waals surface area (Å²) in [5, 5.41) is 3.02. The van der Waals surface area contributed by atoms with Crippen molar-refractivity contribution in [2.45, 2.75) is 33.0 Å². The number of nitrogens with zero attached hydrogens (tertiary/aromatic N) is 2. The number of imidazole rings is 1. The van der Waals surface area contributed by atoms with Crippen LogP contribution in [-0.4, -0.2) is 21.5 Å². The van der Waals surface area contributed by atoms with Crippen molar-refractivity contribution < 1.29 is 4.79 Å². The Balaban J connectivity index is 2.49. The average Bonchev–Trinajstić information content (AvgIpc) is 2.60. The first kappa shape index (κ1) is 10.7. The Bertz CT molecular complexity index is 308. The molecule has 1 atom stereocenters. The minimum Gasteiger partial charge on any atom is -0.368 e. The number of nitrogens with one attached hydrogen (secondary N) is 1. The third-order valence-corrected chi connectivity index (χ3v) is 2.16. The van der Waals surface area contributed by atoms with Gasteiger partial charge in [0.25, 0.3) is 0 Å². The summed E-state index contributed by atoms with van der Waals surface area (Å²) in [7, 11) is 0. The lowest BCUT2D eigenvalue weighted by Gasteiger charge is -2.10. The first-order valence-corrected chi connectivity index (χ1v) is 4.66. The van der Waals surface area contributed by atoms with Crippen LogP contribution in [0.2, 0.25) is 0 Å². The summed E-state index contributed by atoms with van der Waals surface area (Å²) in [4.78, 5) is 14.8. The summed E-state index contributed by atoms with van der Waals surface area (Å²) < 4.78 is 2.01. The summed E-state index contributed by atoms with van der Waals surface area (Å²) in [5.41, 5.74) is 6.18. The van der Waals surface area contributed by atoms with Crippen molar-refractivity contribution >= 4 is 5.91 Å². The van der Waals surface area contributed by atoms with Crippen molar-refractivity contribution in [2.24, 2.45) is 5.73 Å². The highest BCUT2D eigenvalue weighted by Gasteiger charge is 2.08. The van der Waals surface area contributed by atoms with E-state index in [4.69, 9.17) is 5.73 Å². The second kappa shape index (κ2) is 4.76. The second-order valence-corrected chi connectivity index (χ2v) is 3.18. The van der Waals surface area contributed by atoms with Crippen molar-refractivity contribution in [3.05, 3.63) is 18.2 Å². The van der Waals surface area contributed by atoms with Crippen molar-refractivity contribution in [3.63, 3.8) is 0 Å². The number of primary amides is 1. The lowest BCUT2D eigenvalue weighted by molar-refractivity contribution is -0.119. The van der Waals surface area contributed by atoms with E-state index in [0.29, 0.717) is 6.54 Å². The van der Waals surface area contributed by atoms with Crippen LogP contribution in [0.1, 0.15) is 19.5 Å². The number of amides is 1. The predicted molar refractivity (Wildman–Crippen MR) is 53.4 cm³/mol. The van der Waals surface area contributed by atoms with Gasteiger partial charge in [0.15, 0.2) is 0 Å². The van der Waals surface area contributed by atoms with Crippen molar-refractivity contribution in [1.82, 2.24) is 14.9 Å². The Kier molecular flexibility index (Phi) is 3.64. The number of rotatable bonds is 5. The summed E-state index contributed by atoms with van der Waals surface area (Å²) in [6.45, 7) is 5.28. The maximum Gasteiger partial charge on any atom is 0.234 e. The Morgan fingerprint density at radius 1 is 1.79 bits per heavy atom. The van der Waals surface area contributed by atoms with E-state index < -0.39 is 0 Å². The number of hydrogen-bond acceptors (Lipinski definition) is 3. The number of carbonyl (C=O) groups excluding carboxylic acids is 1. The van der Waals surface area contributed by atoms with Gasteiger partial charge < -0.3 is 15.6 Å². The maximum absolute atomic E-state index is 10.8. The molecule has 1 heterocycles. The normalized spacial score (nSPS) is 12.7. The zero-order valence-corrected chi connectivity index (χ0v) is 8.53. The van der Waals surface area contributed by atoms with E-state index in [1.54, 1.807) is 19.4 Å². The second-order valence-electron chi connectivity index (χ2n) is 3.18. The summed E-state index contributed by atoms with van der Waals surface area (Å²) in [5.74, 6) is -0.340. The number of aromatic nitrogens is 2. The molecule has 0 saturated heterocycles. The lowest BCUT2D eigenvalue weighted by atomic mass is 10.3. The van der Waals surface area contributed by atoms with E-state index in [1.165, 1.54) is 0 Å². The molecule has 0 aliphatic heterocycles. The summed E-state index contributed by atoms with van der Waals surface area (Å²) >= 11 is 0. The first-order valence-electron chi connectivity index (χ1n) is 4.66. The van der Waals surface area contributed by atoms with E-state index in [0.717, 1.165) is 12.2 Å². The third-order valence-electron chi connectivity index (χ3n) is 2.16. The molecular formula is C9H16N4O. The smallest absolute Gasteiger partial charge is 0.234 e. The molecule has 14 heavy (non-hydrogen) atoms. The largest absolute Gasteiger partial charge is 0.368 e. The molecule has 0 aromatic carbocycles. The van der Waals surface area contributed by atoms with Crippen LogP contribution in [0.25, 0.3) is 0 Å². The van der Waals surface area contributed by atoms with Crippen LogP contribution in [0.15, 0.2) is 12.5 Å². The topological polar surface area (TPSA) is 72.9 Å². The molecule has 1 rings (SSSR count). The minimum absolute atomic E-state index is 0.310. The number of carbonyl (C=O) groups is 1. The fourth-order valence-corrected chi connectivity index (χ4v) is 1.14. The molecule has 0 radical (unpaired) electrons. The van der Waals surface area contributed by atoms with E-state index >= 15 is 0 Å². The van der Waals surface area contributed by atoms with Crippen LogP contribution in [-0.2, 0) is 17.9 Å². The Morgan fingerprint density at radius 3 is 3.07 bits per heavy atom. The van der Waals surface area contributed by atoms with Crippen LogP contribution in [0, 0.1) is 0 Å². The molecule has 0 spiro atoms. The highest BCUT2D eigenvalue weighted by atomic mass is 16.1. The highest BCUT2D eigenvalue weighted by Crippen LogP contribution is 1.98. The van der Waals surface area contributed by atoms with Crippen LogP contribution in [0.4, 0.5) is 0 Å². The molecule has 1 amide bonds. The molecule has 3 N–H and O–H groups in total. The molecule has 5 nitrogen and oxygen atoms in total. The molecule has 0 aliphatic carbocycles. The van der Waals surface area contributed by atoms with Gasteiger partial charge in [-0.1, -0.05) is 0 Å². The Labute approximate surface area is 83.3 Å². The molecule has 0 bridgehead atoms. The molecule has 1 unspecified atom stereocenters. The van der Waals surface area contributed by atoms with Gasteiger partial charge in [-0.3, -0.25) is 4.79 Å². The zero-order valence-electron chi connectivity index (χ0n) is 8.53. The van der Waals surface area contributed by atoms with Gasteiger partial charge in [-0.2, -0.15) is 0 Å². The zero-order chi connectivity index (χ0) is 10.6. The molecule has 0 saturated carbocycles. The van der Waals surface area contributed by atoms with Crippen molar-refractivity contribution in [1.29, 1.82) is 0 Å². The molecule has 0 fully saturated rings. The van der Waals surface area contributed by atoms with Gasteiger partial charge >= 0.3 is 0 Å². The van der Waals surface area contributed by atoms with Gasteiger partial charge in [-0.25, -0.2) is 4.98 Å². The van der Waals surface area contributed by atoms with E-state index in [-0.39, 0.29) is 11.9 Å². The molecule has 5 heteroatoms. The van der Waals surface area contributed by atoms with Gasteiger partial charge in [0, 0.05) is 19.3 Å². The predicted octanol–water partition coefficient (Wildman–Crippen LogP) is -0.134. The summed E-state index contributed by atoms with van der Waals surface area (Å²) in [6, 6.07) is -0.310. The lowest BCUT2D eigenvalue weighted by Crippen LogP contribution is -2.38. The molecule has 0 aliphatic rings. The number of nitrogens with two attached hydrogens (primary N) is 1. The fraction of sp³-hybridized carbons (Fsp3) is 0.556. The van der Waals surface area contributed by atoms with Crippen molar-refractivity contribution in [3.8, 4) is 0 Å². The first-order chi connectivity index (χ1) is 6.65. The molecule has 1 aromatic heterocycles. The molecular weight excluding hydrogens is 180 g/mol. The molecule has 1 aromatic rings. The van der Waals surface area contributed by atoms with E-state index in [2.05, 4.69) is 10.3 Å². The molecule has 78 valence electrons. The Morgan fingerprint density at radius 2 is 2.50 bits per heavy atom. The van der Waals surface area contributed by atoms with Gasteiger partial charge in [0.1, 0.15) is 0 Å². The average molecular weight is 196 g/mol. The number of aryl methyl sites for hydroxylation is 1. The van der Waals surface area contributed by atoms with Crippen LogP contribution in [0.3, 0.4) is 0 Å². The quantitative estimate of drug-likeness (QED) is 0.688. The van der Waals surface area contributed by atoms with Crippen molar-refractivity contribution in [2.75, 3.05) is 0 Å². The van der Waals surface area contributed by atoms with E-state index in [1.807, 2.05) is 11.5 Å². The fourth-order valence-electron chi connectivity index (χ4n) is 1.14. The van der Waals surface area contributed by atoms with Gasteiger partial charge in [-0.15, -0.1) is 0 Å². The minimum atomic E-state index is -0.340. The monoisotopic (exact) mass is 196 g/mol. The SMILES string of the molecule is CCn1cncc1CNC(C)C(N)=O. The van der Waals surface area contributed by atoms with Gasteiger partial charge in [0.05, 0.1) is 18.1 Å². The van der Waals surface area contributed by atoms with Crippen LogP contribution < -0.4 is 11.1 Å².